The first-order valence-corrected chi connectivity index (χ1v) is 9.06. The molecule has 3 aromatic carbocycles. The molecule has 27 heavy (non-hydrogen) atoms. The molecular formula is C23H25N3O. The van der Waals surface area contributed by atoms with Gasteiger partial charge in [0, 0.05) is 5.69 Å². The van der Waals surface area contributed by atoms with Gasteiger partial charge in [-0.05, 0) is 55.9 Å². The van der Waals surface area contributed by atoms with E-state index in [1.807, 2.05) is 61.6 Å². The van der Waals surface area contributed by atoms with Crippen molar-refractivity contribution in [2.45, 2.75) is 13.5 Å². The highest BCUT2D eigenvalue weighted by atomic mass is 16.5. The number of amidine groups is 1. The van der Waals surface area contributed by atoms with Crippen molar-refractivity contribution in [2.75, 3.05) is 18.9 Å². The van der Waals surface area contributed by atoms with Crippen LogP contribution in [0.25, 0.3) is 0 Å². The number of rotatable bonds is 7. The van der Waals surface area contributed by atoms with Crippen LogP contribution in [0.2, 0.25) is 0 Å². The van der Waals surface area contributed by atoms with Crippen molar-refractivity contribution in [3.8, 4) is 11.5 Å². The second-order valence-electron chi connectivity index (χ2n) is 6.34. The Bertz CT molecular complexity index is 856. The van der Waals surface area contributed by atoms with E-state index in [0.29, 0.717) is 13.1 Å². The van der Waals surface area contributed by atoms with E-state index in [2.05, 4.69) is 41.8 Å². The Hall–Kier alpha value is -3.11. The number of hydrogen-bond acceptors (Lipinski definition) is 3. The predicted octanol–water partition coefficient (Wildman–Crippen LogP) is 5.02. The zero-order valence-corrected chi connectivity index (χ0v) is 15.8. The van der Waals surface area contributed by atoms with Crippen molar-refractivity contribution in [3.63, 3.8) is 0 Å². The van der Waals surface area contributed by atoms with E-state index in [1.54, 1.807) is 0 Å². The summed E-state index contributed by atoms with van der Waals surface area (Å²) in [5, 5.41) is 6.54. The molecular weight excluding hydrogens is 334 g/mol. The summed E-state index contributed by atoms with van der Waals surface area (Å²) in [6.07, 6.45) is 0. The summed E-state index contributed by atoms with van der Waals surface area (Å²) in [6, 6.07) is 26.1. The maximum absolute atomic E-state index is 5.83. The summed E-state index contributed by atoms with van der Waals surface area (Å²) in [4.78, 5) is 4.71. The minimum absolute atomic E-state index is 0.652. The van der Waals surface area contributed by atoms with Crippen LogP contribution < -0.4 is 15.4 Å². The number of para-hydroxylation sites is 1. The van der Waals surface area contributed by atoms with Crippen LogP contribution >= 0.6 is 0 Å². The van der Waals surface area contributed by atoms with E-state index in [0.717, 1.165) is 23.0 Å². The number of nitrogens with one attached hydrogen (secondary N) is 2. The number of hydrogen-bond donors (Lipinski definition) is 2. The molecule has 0 aliphatic rings. The minimum atomic E-state index is 0.652. The third kappa shape index (κ3) is 5.97. The molecule has 2 N–H and O–H groups in total. The smallest absolute Gasteiger partial charge is 0.127 e. The van der Waals surface area contributed by atoms with Gasteiger partial charge in [0.05, 0.1) is 13.1 Å². The van der Waals surface area contributed by atoms with Gasteiger partial charge >= 0.3 is 0 Å². The first-order valence-electron chi connectivity index (χ1n) is 9.06. The van der Waals surface area contributed by atoms with Crippen molar-refractivity contribution >= 4 is 11.5 Å². The average molecular weight is 359 g/mol. The minimum Gasteiger partial charge on any atom is -0.457 e. The molecule has 3 rings (SSSR count). The fourth-order valence-electron chi connectivity index (χ4n) is 2.58. The molecule has 0 aliphatic carbocycles. The van der Waals surface area contributed by atoms with Crippen molar-refractivity contribution in [1.82, 2.24) is 5.32 Å². The molecule has 0 bridgehead atoms. The molecule has 0 aliphatic heterocycles. The van der Waals surface area contributed by atoms with E-state index in [1.165, 1.54) is 11.1 Å². The standard InChI is InChI=1S/C23H25N3O/c1-18-8-10-19(11-9-18)16-25-23(17-24-2)26-20-12-14-22(15-13-20)27-21-6-4-3-5-7-21/h3-15,24H,16-17H2,1-2H3,(H,25,26). The number of aryl methyl sites for hydroxylation is 1. The second kappa shape index (κ2) is 9.55. The Morgan fingerprint density at radius 2 is 1.52 bits per heavy atom. The maximum atomic E-state index is 5.83. The highest BCUT2D eigenvalue weighted by Gasteiger charge is 2.02. The Morgan fingerprint density at radius 1 is 0.852 bits per heavy atom. The summed E-state index contributed by atoms with van der Waals surface area (Å²) in [5.74, 6) is 2.53. The average Bonchev–Trinajstić information content (AvgIpc) is 2.70. The second-order valence-corrected chi connectivity index (χ2v) is 6.34. The Morgan fingerprint density at radius 3 is 2.19 bits per heavy atom. The molecule has 0 radical (unpaired) electrons. The third-order valence-corrected chi connectivity index (χ3v) is 4.04. The van der Waals surface area contributed by atoms with E-state index < -0.39 is 0 Å². The number of aliphatic imine (C=N–C) groups is 1. The van der Waals surface area contributed by atoms with Crippen molar-refractivity contribution in [2.24, 2.45) is 4.99 Å². The van der Waals surface area contributed by atoms with Crippen LogP contribution in [-0.4, -0.2) is 19.4 Å². The predicted molar refractivity (Wildman–Crippen MR) is 113 cm³/mol. The van der Waals surface area contributed by atoms with Crippen LogP contribution in [0.5, 0.6) is 11.5 Å². The number of anilines is 1. The van der Waals surface area contributed by atoms with E-state index in [-0.39, 0.29) is 0 Å². The number of ether oxygens (including phenoxy) is 1. The van der Waals surface area contributed by atoms with Crippen LogP contribution in [-0.2, 0) is 6.54 Å². The largest absolute Gasteiger partial charge is 0.457 e. The molecule has 0 amide bonds. The Kier molecular flexibility index (Phi) is 6.61. The highest BCUT2D eigenvalue weighted by Crippen LogP contribution is 2.22. The fourth-order valence-corrected chi connectivity index (χ4v) is 2.58. The van der Waals surface area contributed by atoms with Gasteiger partial charge in [0.25, 0.3) is 0 Å². The molecule has 0 heterocycles. The zero-order valence-electron chi connectivity index (χ0n) is 15.8. The normalized spacial score (nSPS) is 11.3. The van der Waals surface area contributed by atoms with Gasteiger partial charge in [0.15, 0.2) is 0 Å². The van der Waals surface area contributed by atoms with Gasteiger partial charge < -0.3 is 15.4 Å². The van der Waals surface area contributed by atoms with Gasteiger partial charge in [-0.15, -0.1) is 0 Å². The van der Waals surface area contributed by atoms with E-state index in [4.69, 9.17) is 9.73 Å². The van der Waals surface area contributed by atoms with Gasteiger partial charge in [-0.2, -0.15) is 0 Å². The van der Waals surface area contributed by atoms with Gasteiger partial charge in [0.1, 0.15) is 17.3 Å². The molecule has 138 valence electrons. The molecule has 0 unspecified atom stereocenters. The summed E-state index contributed by atoms with van der Waals surface area (Å²) < 4.78 is 5.83. The van der Waals surface area contributed by atoms with Crippen LogP contribution in [0.3, 0.4) is 0 Å². The van der Waals surface area contributed by atoms with Crippen LogP contribution in [0.4, 0.5) is 5.69 Å². The monoisotopic (exact) mass is 359 g/mol. The van der Waals surface area contributed by atoms with Crippen LogP contribution in [0.15, 0.2) is 83.9 Å². The van der Waals surface area contributed by atoms with Crippen molar-refractivity contribution in [1.29, 1.82) is 0 Å². The lowest BCUT2D eigenvalue weighted by Crippen LogP contribution is -2.25. The molecule has 0 fully saturated rings. The lowest BCUT2D eigenvalue weighted by atomic mass is 10.1. The molecule has 0 saturated carbocycles. The van der Waals surface area contributed by atoms with Gasteiger partial charge in [-0.1, -0.05) is 48.0 Å². The molecule has 0 saturated heterocycles. The number of likely N-dealkylation sites (N-methyl/N-ethyl adjacent to an activating group) is 1. The molecule has 0 aromatic heterocycles. The molecule has 4 heteroatoms. The third-order valence-electron chi connectivity index (χ3n) is 4.04. The summed E-state index contributed by atoms with van der Waals surface area (Å²) in [5.41, 5.74) is 3.44. The molecule has 0 spiro atoms. The molecule has 0 atom stereocenters. The number of benzene rings is 3. The van der Waals surface area contributed by atoms with E-state index >= 15 is 0 Å². The summed E-state index contributed by atoms with van der Waals surface area (Å²) in [7, 11) is 1.92. The summed E-state index contributed by atoms with van der Waals surface area (Å²) >= 11 is 0. The quantitative estimate of drug-likeness (QED) is 0.460. The Balaban J connectivity index is 1.63. The first-order chi connectivity index (χ1) is 13.2. The lowest BCUT2D eigenvalue weighted by molar-refractivity contribution is 0.483. The first kappa shape index (κ1) is 18.7. The molecule has 4 nitrogen and oxygen atoms in total. The summed E-state index contributed by atoms with van der Waals surface area (Å²) in [6.45, 7) is 3.42. The fraction of sp³-hybridized carbons (Fsp3) is 0.174. The van der Waals surface area contributed by atoms with Crippen molar-refractivity contribution < 1.29 is 4.74 Å². The maximum Gasteiger partial charge on any atom is 0.127 e. The SMILES string of the molecule is CNCC(=NCc1ccc(C)cc1)Nc1ccc(Oc2ccccc2)cc1. The van der Waals surface area contributed by atoms with Crippen molar-refractivity contribution in [3.05, 3.63) is 90.0 Å². The van der Waals surface area contributed by atoms with E-state index in [9.17, 15) is 0 Å². The number of nitrogens with zero attached hydrogens (tertiary/aromatic N) is 1. The van der Waals surface area contributed by atoms with Crippen LogP contribution in [0, 0.1) is 6.92 Å². The topological polar surface area (TPSA) is 45.7 Å². The molecule has 3 aromatic rings. The van der Waals surface area contributed by atoms with Gasteiger partial charge in [0.2, 0.25) is 0 Å². The van der Waals surface area contributed by atoms with Gasteiger partial charge in [-0.3, -0.25) is 4.99 Å². The zero-order chi connectivity index (χ0) is 18.9. The highest BCUT2D eigenvalue weighted by molar-refractivity contribution is 5.97. The van der Waals surface area contributed by atoms with Crippen LogP contribution in [0.1, 0.15) is 11.1 Å². The van der Waals surface area contributed by atoms with Gasteiger partial charge in [-0.25, -0.2) is 0 Å². The Labute approximate surface area is 160 Å². The lowest BCUT2D eigenvalue weighted by Gasteiger charge is -2.11.